The van der Waals surface area contributed by atoms with Crippen molar-refractivity contribution >= 4 is 23.9 Å². The maximum atomic E-state index is 13.0. The van der Waals surface area contributed by atoms with Crippen molar-refractivity contribution in [1.82, 2.24) is 0 Å². The van der Waals surface area contributed by atoms with Crippen LogP contribution < -0.4 is 0 Å². The number of esters is 3. The third kappa shape index (κ3) is 33.9. The molecule has 1 rings (SSSR count). The molecule has 0 bridgehead atoms. The zero-order chi connectivity index (χ0) is 49.0. The highest BCUT2D eigenvalue weighted by atomic mass is 16.7. The first kappa shape index (κ1) is 60.9. The van der Waals surface area contributed by atoms with Crippen molar-refractivity contribution in [3.05, 3.63) is 85.1 Å². The number of unbranched alkanes of at least 4 members (excludes halogenated alkanes) is 14. The maximum Gasteiger partial charge on any atom is 0.335 e. The summed E-state index contributed by atoms with van der Waals surface area (Å²) in [6.45, 7) is 5.65. The third-order valence-corrected chi connectivity index (χ3v) is 11.0. The molecule has 380 valence electrons. The number of carbonyl (C=O) groups excluding carboxylic acids is 3. The fourth-order valence-electron chi connectivity index (χ4n) is 6.99. The van der Waals surface area contributed by atoms with Crippen LogP contribution in [-0.4, -0.2) is 89.2 Å². The van der Waals surface area contributed by atoms with E-state index in [1.165, 1.54) is 25.7 Å². The van der Waals surface area contributed by atoms with Gasteiger partial charge in [0.05, 0.1) is 13.0 Å². The fourth-order valence-corrected chi connectivity index (χ4v) is 6.99. The Morgan fingerprint density at radius 1 is 0.522 bits per heavy atom. The SMILES string of the molecule is CC/C=C\C/C=C\C/C=C\C/C=C\C/C=C\CC(=O)OCC(COC1OC(C(=O)O)C(O)C(O)C1OC(=O)CCCCCCC/C=C\CCCC)OC(=O)CCCCCCC/C=C\CCCC. The summed E-state index contributed by atoms with van der Waals surface area (Å²) in [6.07, 6.45) is 41.8. The third-order valence-electron chi connectivity index (χ3n) is 11.0. The van der Waals surface area contributed by atoms with Crippen molar-refractivity contribution in [1.29, 1.82) is 0 Å². The molecule has 12 heteroatoms. The number of rotatable bonds is 41. The lowest BCUT2D eigenvalue weighted by Crippen LogP contribution is -2.61. The summed E-state index contributed by atoms with van der Waals surface area (Å²) >= 11 is 0. The monoisotopic (exact) mass is 941 g/mol. The minimum absolute atomic E-state index is 0.0197. The van der Waals surface area contributed by atoms with E-state index in [1.54, 1.807) is 6.08 Å². The lowest BCUT2D eigenvalue weighted by Gasteiger charge is -2.40. The molecule has 6 atom stereocenters. The van der Waals surface area contributed by atoms with Crippen LogP contribution in [0.3, 0.4) is 0 Å². The zero-order valence-corrected chi connectivity index (χ0v) is 41.4. The molecule has 1 aliphatic heterocycles. The Morgan fingerprint density at radius 3 is 1.49 bits per heavy atom. The number of ether oxygens (including phenoxy) is 5. The first-order valence-corrected chi connectivity index (χ1v) is 25.6. The number of allylic oxidation sites excluding steroid dienone is 13. The van der Waals surface area contributed by atoms with Crippen LogP contribution >= 0.6 is 0 Å². The van der Waals surface area contributed by atoms with Crippen molar-refractivity contribution in [2.24, 2.45) is 0 Å². The molecule has 0 aromatic heterocycles. The smallest absolute Gasteiger partial charge is 0.335 e. The largest absolute Gasteiger partial charge is 0.479 e. The normalized spacial score (nSPS) is 19.6. The molecule has 0 radical (unpaired) electrons. The summed E-state index contributed by atoms with van der Waals surface area (Å²) in [5, 5.41) is 31.3. The van der Waals surface area contributed by atoms with Gasteiger partial charge >= 0.3 is 23.9 Å². The summed E-state index contributed by atoms with van der Waals surface area (Å²) in [4.78, 5) is 50.7. The zero-order valence-electron chi connectivity index (χ0n) is 41.4. The summed E-state index contributed by atoms with van der Waals surface area (Å²) in [5.74, 6) is -3.32. The van der Waals surface area contributed by atoms with Gasteiger partial charge in [-0.15, -0.1) is 0 Å². The van der Waals surface area contributed by atoms with E-state index in [0.29, 0.717) is 19.3 Å². The van der Waals surface area contributed by atoms with Crippen molar-refractivity contribution in [2.75, 3.05) is 13.2 Å². The first-order valence-electron chi connectivity index (χ1n) is 25.6. The molecule has 1 aliphatic rings. The topological polar surface area (TPSA) is 175 Å². The molecular formula is C55H88O12. The van der Waals surface area contributed by atoms with Gasteiger partial charge in [-0.2, -0.15) is 0 Å². The Hall–Kier alpha value is -4.10. The van der Waals surface area contributed by atoms with Gasteiger partial charge in [0.15, 0.2) is 24.6 Å². The molecule has 6 unspecified atom stereocenters. The van der Waals surface area contributed by atoms with Crippen LogP contribution in [0.1, 0.15) is 188 Å². The van der Waals surface area contributed by atoms with Gasteiger partial charge in [-0.05, 0) is 83.5 Å². The van der Waals surface area contributed by atoms with Crippen LogP contribution in [0.15, 0.2) is 85.1 Å². The number of hydrogen-bond donors (Lipinski definition) is 3. The second-order valence-corrected chi connectivity index (χ2v) is 17.1. The van der Waals surface area contributed by atoms with Crippen LogP contribution in [0, 0.1) is 0 Å². The predicted molar refractivity (Wildman–Crippen MR) is 266 cm³/mol. The van der Waals surface area contributed by atoms with Gasteiger partial charge in [0.2, 0.25) is 0 Å². The average molecular weight is 941 g/mol. The molecule has 1 saturated heterocycles. The Balaban J connectivity index is 2.81. The van der Waals surface area contributed by atoms with Crippen LogP contribution in [-0.2, 0) is 42.9 Å². The van der Waals surface area contributed by atoms with Crippen LogP contribution in [0.25, 0.3) is 0 Å². The molecular weight excluding hydrogens is 853 g/mol. The van der Waals surface area contributed by atoms with Gasteiger partial charge < -0.3 is 39.0 Å². The minimum Gasteiger partial charge on any atom is -0.479 e. The summed E-state index contributed by atoms with van der Waals surface area (Å²) < 4.78 is 28.1. The predicted octanol–water partition coefficient (Wildman–Crippen LogP) is 12.0. The summed E-state index contributed by atoms with van der Waals surface area (Å²) in [5.41, 5.74) is 0. The van der Waals surface area contributed by atoms with Crippen LogP contribution in [0.2, 0.25) is 0 Å². The van der Waals surface area contributed by atoms with Crippen molar-refractivity contribution in [3.63, 3.8) is 0 Å². The van der Waals surface area contributed by atoms with E-state index < -0.39 is 67.3 Å². The average Bonchev–Trinajstić information content (AvgIpc) is 3.31. The van der Waals surface area contributed by atoms with Gasteiger partial charge in [0.1, 0.15) is 18.8 Å². The number of aliphatic carboxylic acids is 1. The van der Waals surface area contributed by atoms with E-state index in [4.69, 9.17) is 23.7 Å². The van der Waals surface area contributed by atoms with Gasteiger partial charge in [-0.3, -0.25) is 14.4 Å². The molecule has 3 N–H and O–H groups in total. The van der Waals surface area contributed by atoms with Crippen molar-refractivity contribution < 1.29 is 58.2 Å². The molecule has 0 saturated carbocycles. The van der Waals surface area contributed by atoms with Crippen molar-refractivity contribution in [2.45, 2.75) is 225 Å². The molecule has 0 aromatic carbocycles. The highest BCUT2D eigenvalue weighted by Gasteiger charge is 2.50. The molecule has 1 heterocycles. The Morgan fingerprint density at radius 2 is 0.985 bits per heavy atom. The molecule has 12 nitrogen and oxygen atoms in total. The number of aliphatic hydroxyl groups is 2. The fraction of sp³-hybridized carbons (Fsp3) is 0.673. The van der Waals surface area contributed by atoms with E-state index in [0.717, 1.165) is 103 Å². The van der Waals surface area contributed by atoms with Gasteiger partial charge in [-0.1, -0.05) is 170 Å². The second-order valence-electron chi connectivity index (χ2n) is 17.1. The Bertz CT molecular complexity index is 1490. The quantitative estimate of drug-likeness (QED) is 0.0229. The summed E-state index contributed by atoms with van der Waals surface area (Å²) in [7, 11) is 0. The number of carbonyl (C=O) groups is 4. The van der Waals surface area contributed by atoms with Gasteiger partial charge in [0, 0.05) is 12.8 Å². The number of hydrogen-bond acceptors (Lipinski definition) is 11. The number of carboxylic acids is 1. The lowest BCUT2D eigenvalue weighted by atomic mass is 9.98. The molecule has 67 heavy (non-hydrogen) atoms. The Kier molecular flexibility index (Phi) is 39.3. The first-order chi connectivity index (χ1) is 32.6. The molecule has 0 amide bonds. The lowest BCUT2D eigenvalue weighted by molar-refractivity contribution is -0.301. The Labute approximate surface area is 403 Å². The summed E-state index contributed by atoms with van der Waals surface area (Å²) in [6, 6.07) is 0. The van der Waals surface area contributed by atoms with Crippen molar-refractivity contribution in [3.8, 4) is 0 Å². The number of carboxylic acid groups (broad SMARTS) is 1. The standard InChI is InChI=1S/C55H88O12/c1-4-7-10-13-16-19-22-23-24-25-28-29-32-35-38-41-47(56)63-44-46(65-48(57)42-39-36-33-30-26-20-17-14-11-8-5-2)45-64-55-53(51(60)50(59)52(67-55)54(61)62)66-49(58)43-40-37-34-31-27-21-18-15-12-9-6-3/h7,10,14-19,23-24,28-29,35,38,46,50-53,55,59-60H,4-6,8-9,11-13,20-22,25-27,30-34,36-37,39-45H2,1-3H3,(H,61,62)/b10-7-,17-14-,18-15-,19-16-,24-23-,29-28-,38-35-. The van der Waals surface area contributed by atoms with E-state index in [9.17, 15) is 34.5 Å². The molecule has 0 aromatic rings. The van der Waals surface area contributed by atoms with E-state index >= 15 is 0 Å². The van der Waals surface area contributed by atoms with E-state index in [1.807, 2.05) is 12.2 Å². The van der Waals surface area contributed by atoms with Crippen LogP contribution in [0.4, 0.5) is 0 Å². The molecule has 1 fully saturated rings. The second kappa shape index (κ2) is 43.2. The van der Waals surface area contributed by atoms with Crippen LogP contribution in [0.5, 0.6) is 0 Å². The molecule has 0 aliphatic carbocycles. The van der Waals surface area contributed by atoms with E-state index in [-0.39, 0.29) is 25.9 Å². The van der Waals surface area contributed by atoms with Gasteiger partial charge in [-0.25, -0.2) is 4.79 Å². The minimum atomic E-state index is -1.92. The van der Waals surface area contributed by atoms with Gasteiger partial charge in [0.25, 0.3) is 0 Å². The highest BCUT2D eigenvalue weighted by Crippen LogP contribution is 2.26. The molecule has 0 spiro atoms. The number of aliphatic hydroxyl groups excluding tert-OH is 2. The van der Waals surface area contributed by atoms with E-state index in [2.05, 4.69) is 87.6 Å². The maximum absolute atomic E-state index is 13.0. The highest BCUT2D eigenvalue weighted by molar-refractivity contribution is 5.74.